The Kier molecular flexibility index (Phi) is 10.5. The zero-order valence-electron chi connectivity index (χ0n) is 7.04. The lowest BCUT2D eigenvalue weighted by Crippen LogP contribution is -1.95. The molecule has 7 heteroatoms. The van der Waals surface area contributed by atoms with Crippen LogP contribution in [0.15, 0.2) is 11.6 Å². The molecule has 13 heavy (non-hydrogen) atoms. The molecule has 0 aromatic rings. The van der Waals surface area contributed by atoms with E-state index in [0.29, 0.717) is 6.42 Å². The van der Waals surface area contributed by atoms with Gasteiger partial charge in [-0.3, -0.25) is 0 Å². The summed E-state index contributed by atoms with van der Waals surface area (Å²) in [5.41, 5.74) is 0.282. The molecule has 0 spiro atoms. The third kappa shape index (κ3) is 18.3. The van der Waals surface area contributed by atoms with E-state index in [4.69, 9.17) is 24.6 Å². The summed E-state index contributed by atoms with van der Waals surface area (Å²) in [6, 6.07) is 0. The SMILES string of the molecule is CC(=CCCO)C(=O)O.O=[P+](O)O. The molecule has 0 fully saturated rings. The van der Waals surface area contributed by atoms with Crippen LogP contribution in [0.2, 0.25) is 0 Å². The van der Waals surface area contributed by atoms with E-state index < -0.39 is 14.2 Å². The minimum Gasteiger partial charge on any atom is -0.478 e. The molecule has 76 valence electrons. The van der Waals surface area contributed by atoms with Crippen molar-refractivity contribution in [1.82, 2.24) is 0 Å². The van der Waals surface area contributed by atoms with Crippen molar-refractivity contribution in [3.63, 3.8) is 0 Å². The van der Waals surface area contributed by atoms with Gasteiger partial charge in [0.2, 0.25) is 0 Å². The summed E-state index contributed by atoms with van der Waals surface area (Å²) in [6.07, 6.45) is 1.90. The largest absolute Gasteiger partial charge is 0.692 e. The minimum absolute atomic E-state index is 0.00458. The van der Waals surface area contributed by atoms with E-state index >= 15 is 0 Å². The molecule has 0 unspecified atom stereocenters. The van der Waals surface area contributed by atoms with Crippen molar-refractivity contribution < 1.29 is 29.4 Å². The van der Waals surface area contributed by atoms with Crippen molar-refractivity contribution in [1.29, 1.82) is 0 Å². The van der Waals surface area contributed by atoms with Gasteiger partial charge in [0.25, 0.3) is 0 Å². The number of carboxylic acids is 1. The Labute approximate surface area is 76.1 Å². The van der Waals surface area contributed by atoms with Gasteiger partial charge in [-0.1, -0.05) is 6.08 Å². The van der Waals surface area contributed by atoms with Crippen LogP contribution in [0.5, 0.6) is 0 Å². The summed E-state index contributed by atoms with van der Waals surface area (Å²) in [5, 5.41) is 16.5. The molecular weight excluding hydrogens is 199 g/mol. The summed E-state index contributed by atoms with van der Waals surface area (Å²) in [6.45, 7) is 1.50. The Balaban J connectivity index is 0. The topological polar surface area (TPSA) is 115 Å². The second kappa shape index (κ2) is 9.28. The van der Waals surface area contributed by atoms with Crippen LogP contribution < -0.4 is 0 Å². The second-order valence-corrected chi connectivity index (χ2v) is 2.46. The number of hydrogen-bond donors (Lipinski definition) is 4. The summed E-state index contributed by atoms with van der Waals surface area (Å²) in [7, 11) is -2.87. The molecule has 0 aromatic carbocycles. The molecule has 0 aromatic heterocycles. The van der Waals surface area contributed by atoms with Gasteiger partial charge >= 0.3 is 14.2 Å². The van der Waals surface area contributed by atoms with Gasteiger partial charge in [0.05, 0.1) is 0 Å². The van der Waals surface area contributed by atoms with Crippen molar-refractivity contribution in [3.05, 3.63) is 11.6 Å². The van der Waals surface area contributed by atoms with Crippen molar-refractivity contribution in [2.75, 3.05) is 6.61 Å². The van der Waals surface area contributed by atoms with E-state index in [1.807, 2.05) is 0 Å². The first-order valence-electron chi connectivity index (χ1n) is 3.27. The lowest BCUT2D eigenvalue weighted by molar-refractivity contribution is -0.132. The first kappa shape index (κ1) is 14.7. The molecule has 0 atom stereocenters. The second-order valence-electron chi connectivity index (χ2n) is 1.96. The van der Waals surface area contributed by atoms with Gasteiger partial charge in [-0.25, -0.2) is 4.79 Å². The summed E-state index contributed by atoms with van der Waals surface area (Å²) < 4.78 is 8.70. The molecule has 0 bridgehead atoms. The number of hydrogen-bond acceptors (Lipinski definition) is 3. The van der Waals surface area contributed by atoms with Crippen LogP contribution in [0.3, 0.4) is 0 Å². The molecule has 0 rings (SSSR count). The van der Waals surface area contributed by atoms with Crippen LogP contribution >= 0.6 is 8.25 Å². The van der Waals surface area contributed by atoms with Crippen LogP contribution in [-0.2, 0) is 9.36 Å². The van der Waals surface area contributed by atoms with Gasteiger partial charge in [0.1, 0.15) is 0 Å². The predicted molar refractivity (Wildman–Crippen MR) is 45.1 cm³/mol. The molecule has 0 aliphatic carbocycles. The molecule has 4 N–H and O–H groups in total. The average molecular weight is 211 g/mol. The molecule has 6 nitrogen and oxygen atoms in total. The number of carbonyl (C=O) groups is 1. The Bertz CT molecular complexity index is 195. The van der Waals surface area contributed by atoms with Crippen LogP contribution in [0.1, 0.15) is 13.3 Å². The van der Waals surface area contributed by atoms with Crippen molar-refractivity contribution in [2.45, 2.75) is 13.3 Å². The molecule has 0 saturated heterocycles. The highest BCUT2D eigenvalue weighted by molar-refractivity contribution is 7.30. The van der Waals surface area contributed by atoms with Crippen molar-refractivity contribution >= 4 is 14.2 Å². The highest BCUT2D eigenvalue weighted by Crippen LogP contribution is 1.98. The van der Waals surface area contributed by atoms with Gasteiger partial charge in [-0.05, 0) is 13.3 Å². The monoisotopic (exact) mass is 211 g/mol. The van der Waals surface area contributed by atoms with Crippen LogP contribution in [0.25, 0.3) is 0 Å². The van der Waals surface area contributed by atoms with E-state index in [1.54, 1.807) is 0 Å². The van der Waals surface area contributed by atoms with E-state index in [9.17, 15) is 4.79 Å². The maximum absolute atomic E-state index is 10.1. The third-order valence-corrected chi connectivity index (χ3v) is 0.917. The Morgan fingerprint density at radius 2 is 1.85 bits per heavy atom. The number of aliphatic carboxylic acids is 1. The highest BCUT2D eigenvalue weighted by Gasteiger charge is 1.96. The van der Waals surface area contributed by atoms with Crippen LogP contribution in [0, 0.1) is 0 Å². The first-order valence-corrected chi connectivity index (χ1v) is 4.44. The fourth-order valence-electron chi connectivity index (χ4n) is 0.368. The third-order valence-electron chi connectivity index (χ3n) is 0.917. The van der Waals surface area contributed by atoms with Gasteiger partial charge < -0.3 is 10.2 Å². The zero-order valence-corrected chi connectivity index (χ0v) is 7.94. The highest BCUT2D eigenvalue weighted by atomic mass is 31.1. The smallest absolute Gasteiger partial charge is 0.478 e. The molecule has 0 amide bonds. The van der Waals surface area contributed by atoms with Crippen LogP contribution in [-0.4, -0.2) is 32.6 Å². The number of rotatable bonds is 3. The van der Waals surface area contributed by atoms with E-state index in [0.717, 1.165) is 0 Å². The summed E-state index contributed by atoms with van der Waals surface area (Å²) in [5.74, 6) is -0.927. The van der Waals surface area contributed by atoms with E-state index in [2.05, 4.69) is 0 Å². The summed E-state index contributed by atoms with van der Waals surface area (Å²) in [4.78, 5) is 24.3. The Morgan fingerprint density at radius 1 is 1.46 bits per heavy atom. The minimum atomic E-state index is -2.87. The molecule has 0 radical (unpaired) electrons. The van der Waals surface area contributed by atoms with Gasteiger partial charge in [0, 0.05) is 16.7 Å². The zero-order chi connectivity index (χ0) is 10.9. The standard InChI is InChI=1S/C6H10O3.HO3P/c1-5(6(8)9)3-2-4-7;1-4(2)3/h3,7H,2,4H2,1H3,(H,8,9);(H-,1,2,3)/p+1. The fourth-order valence-corrected chi connectivity index (χ4v) is 0.368. The molecule has 0 saturated carbocycles. The lowest BCUT2D eigenvalue weighted by atomic mass is 10.2. The predicted octanol–water partition coefficient (Wildman–Crippen LogP) is 0.0281. The van der Waals surface area contributed by atoms with E-state index in [1.165, 1.54) is 13.0 Å². The number of carboxylic acid groups (broad SMARTS) is 1. The van der Waals surface area contributed by atoms with Crippen molar-refractivity contribution in [3.8, 4) is 0 Å². The first-order chi connectivity index (χ1) is 5.91. The number of aliphatic hydroxyl groups excluding tert-OH is 1. The molecule has 0 heterocycles. The average Bonchev–Trinajstić information content (AvgIpc) is 1.98. The van der Waals surface area contributed by atoms with Gasteiger partial charge in [0.15, 0.2) is 0 Å². The summed E-state index contributed by atoms with van der Waals surface area (Å²) >= 11 is 0. The molecule has 0 aliphatic rings. The number of aliphatic hydroxyl groups is 1. The lowest BCUT2D eigenvalue weighted by Gasteiger charge is -1.89. The Morgan fingerprint density at radius 3 is 2.08 bits per heavy atom. The van der Waals surface area contributed by atoms with E-state index in [-0.39, 0.29) is 12.2 Å². The molecule has 0 aliphatic heterocycles. The molecular formula is C6H12O6P+. The van der Waals surface area contributed by atoms with Crippen LogP contribution in [0.4, 0.5) is 0 Å². The fraction of sp³-hybridized carbons (Fsp3) is 0.500. The quantitative estimate of drug-likeness (QED) is 0.386. The van der Waals surface area contributed by atoms with Gasteiger partial charge in [-0.15, -0.1) is 9.79 Å². The van der Waals surface area contributed by atoms with Crippen molar-refractivity contribution in [2.24, 2.45) is 0 Å². The maximum atomic E-state index is 10.1. The maximum Gasteiger partial charge on any atom is 0.692 e. The normalized spacial score (nSPS) is 10.0. The Hall–Kier alpha value is -0.810. The van der Waals surface area contributed by atoms with Gasteiger partial charge in [-0.2, -0.15) is 0 Å².